The van der Waals surface area contributed by atoms with Crippen LogP contribution in [-0.2, 0) is 0 Å². The van der Waals surface area contributed by atoms with Crippen molar-refractivity contribution in [2.75, 3.05) is 0 Å². The van der Waals surface area contributed by atoms with Gasteiger partial charge in [-0.05, 0) is 62.2 Å². The predicted molar refractivity (Wildman–Crippen MR) is 131 cm³/mol. The van der Waals surface area contributed by atoms with Gasteiger partial charge in [-0.1, -0.05) is 60.0 Å². The molecule has 0 atom stereocenters. The van der Waals surface area contributed by atoms with Gasteiger partial charge in [-0.15, -0.1) is 10.2 Å². The minimum Gasteiger partial charge on any atom is -0.296 e. The van der Waals surface area contributed by atoms with E-state index >= 15 is 0 Å². The van der Waals surface area contributed by atoms with Crippen molar-refractivity contribution in [3.8, 4) is 27.8 Å². The van der Waals surface area contributed by atoms with Gasteiger partial charge in [0.15, 0.2) is 5.01 Å². The first-order valence-corrected chi connectivity index (χ1v) is 12.0. The van der Waals surface area contributed by atoms with Crippen molar-refractivity contribution in [1.29, 1.82) is 0 Å². The standard InChI is InChI=1S/C23H21Cl3N4S/c1-4-14(5-2)22-28-29-23(31-22)20-13(3)30(17-9-6-15(24)7-10-17)21(27-20)18-11-8-16(25)12-19(18)26/h6-12,14H,4-5H2,1-3H3. The molecule has 2 aromatic heterocycles. The Morgan fingerprint density at radius 2 is 1.61 bits per heavy atom. The third-order valence-corrected chi connectivity index (χ3v) is 7.23. The molecule has 4 nitrogen and oxygen atoms in total. The Morgan fingerprint density at radius 3 is 2.26 bits per heavy atom. The second-order valence-electron chi connectivity index (χ2n) is 7.26. The van der Waals surface area contributed by atoms with Crippen LogP contribution in [0.15, 0.2) is 42.5 Å². The zero-order valence-electron chi connectivity index (χ0n) is 17.4. The van der Waals surface area contributed by atoms with E-state index in [0.29, 0.717) is 21.0 Å². The van der Waals surface area contributed by atoms with Crippen LogP contribution >= 0.6 is 46.1 Å². The van der Waals surface area contributed by atoms with Gasteiger partial charge in [-0.2, -0.15) is 0 Å². The molecule has 0 spiro atoms. The summed E-state index contributed by atoms with van der Waals surface area (Å²) < 4.78 is 2.07. The summed E-state index contributed by atoms with van der Waals surface area (Å²) in [6, 6.07) is 13.1. The Balaban J connectivity index is 1.91. The van der Waals surface area contributed by atoms with Crippen LogP contribution in [0.1, 0.15) is 43.3 Å². The first-order chi connectivity index (χ1) is 14.9. The van der Waals surface area contributed by atoms with Gasteiger partial charge >= 0.3 is 0 Å². The molecule has 8 heteroatoms. The van der Waals surface area contributed by atoms with Gasteiger partial charge in [0.1, 0.15) is 16.5 Å². The van der Waals surface area contributed by atoms with E-state index in [1.165, 1.54) is 0 Å². The summed E-state index contributed by atoms with van der Waals surface area (Å²) >= 11 is 20.4. The van der Waals surface area contributed by atoms with Gasteiger partial charge in [-0.3, -0.25) is 4.57 Å². The summed E-state index contributed by atoms with van der Waals surface area (Å²) in [4.78, 5) is 4.97. The number of hydrogen-bond acceptors (Lipinski definition) is 4. The second kappa shape index (κ2) is 9.29. The fourth-order valence-corrected chi connectivity index (χ4v) is 5.37. The van der Waals surface area contributed by atoms with E-state index in [9.17, 15) is 0 Å². The molecule has 0 saturated heterocycles. The number of aromatic nitrogens is 4. The van der Waals surface area contributed by atoms with Crippen molar-refractivity contribution in [1.82, 2.24) is 19.7 Å². The quantitative estimate of drug-likeness (QED) is 0.273. The first-order valence-electron chi connectivity index (χ1n) is 10.1. The van der Waals surface area contributed by atoms with Crippen LogP contribution in [0.3, 0.4) is 0 Å². The molecule has 0 unspecified atom stereocenters. The normalized spacial score (nSPS) is 11.5. The lowest BCUT2D eigenvalue weighted by Crippen LogP contribution is -2.00. The highest BCUT2D eigenvalue weighted by Crippen LogP contribution is 2.38. The monoisotopic (exact) mass is 490 g/mol. The summed E-state index contributed by atoms with van der Waals surface area (Å²) in [5.41, 5.74) is 3.48. The molecule has 0 N–H and O–H groups in total. The van der Waals surface area contributed by atoms with Crippen LogP contribution in [0.25, 0.3) is 27.8 Å². The van der Waals surface area contributed by atoms with E-state index in [2.05, 4.69) is 28.6 Å². The lowest BCUT2D eigenvalue weighted by atomic mass is 10.1. The summed E-state index contributed by atoms with van der Waals surface area (Å²) in [5, 5.41) is 12.6. The molecule has 0 aliphatic heterocycles. The van der Waals surface area contributed by atoms with Gasteiger partial charge in [-0.25, -0.2) is 4.98 Å². The number of imidazole rings is 1. The molecule has 2 aromatic carbocycles. The smallest absolute Gasteiger partial charge is 0.168 e. The molecule has 0 saturated carbocycles. The van der Waals surface area contributed by atoms with Crippen molar-refractivity contribution in [2.24, 2.45) is 0 Å². The van der Waals surface area contributed by atoms with E-state index in [1.54, 1.807) is 17.4 Å². The fraction of sp³-hybridized carbons (Fsp3) is 0.261. The molecular formula is C23H21Cl3N4S. The van der Waals surface area contributed by atoms with E-state index in [4.69, 9.17) is 39.8 Å². The molecule has 0 fully saturated rings. The SMILES string of the molecule is CCC(CC)c1nnc(-c2nc(-c3ccc(Cl)cc3Cl)n(-c3ccc(Cl)cc3)c2C)s1. The highest BCUT2D eigenvalue weighted by molar-refractivity contribution is 7.14. The predicted octanol–water partition coefficient (Wildman–Crippen LogP) is 8.23. The number of hydrogen-bond donors (Lipinski definition) is 0. The minimum atomic E-state index is 0.412. The van der Waals surface area contributed by atoms with Crippen molar-refractivity contribution >= 4 is 46.1 Å². The molecule has 0 bridgehead atoms. The molecule has 0 amide bonds. The third-order valence-electron chi connectivity index (χ3n) is 5.34. The van der Waals surface area contributed by atoms with Crippen LogP contribution in [0.4, 0.5) is 0 Å². The Labute approximate surface area is 200 Å². The molecule has 0 radical (unpaired) electrons. The van der Waals surface area contributed by atoms with E-state index < -0.39 is 0 Å². The maximum absolute atomic E-state index is 6.56. The summed E-state index contributed by atoms with van der Waals surface area (Å²) in [5.74, 6) is 1.13. The second-order valence-corrected chi connectivity index (χ2v) is 9.55. The molecular weight excluding hydrogens is 471 g/mol. The van der Waals surface area contributed by atoms with Gasteiger partial charge in [0.05, 0.1) is 10.7 Å². The topological polar surface area (TPSA) is 43.6 Å². The van der Waals surface area contributed by atoms with Crippen molar-refractivity contribution < 1.29 is 0 Å². The van der Waals surface area contributed by atoms with Crippen molar-refractivity contribution in [3.63, 3.8) is 0 Å². The minimum absolute atomic E-state index is 0.412. The zero-order valence-corrected chi connectivity index (χ0v) is 20.4. The number of benzene rings is 2. The van der Waals surface area contributed by atoms with Crippen molar-refractivity contribution in [3.05, 3.63) is 68.2 Å². The Morgan fingerprint density at radius 1 is 0.935 bits per heavy atom. The Hall–Kier alpha value is -1.92. The van der Waals surface area contributed by atoms with Crippen molar-refractivity contribution in [2.45, 2.75) is 39.5 Å². The average Bonchev–Trinajstić information content (AvgIpc) is 3.35. The molecule has 2 heterocycles. The van der Waals surface area contributed by atoms with Crippen LogP contribution < -0.4 is 0 Å². The highest BCUT2D eigenvalue weighted by Gasteiger charge is 2.23. The van der Waals surface area contributed by atoms with Crippen LogP contribution in [-0.4, -0.2) is 19.7 Å². The van der Waals surface area contributed by atoms with Gasteiger partial charge in [0.2, 0.25) is 0 Å². The Kier molecular flexibility index (Phi) is 6.68. The maximum atomic E-state index is 6.56. The third kappa shape index (κ3) is 4.37. The average molecular weight is 492 g/mol. The van der Waals surface area contributed by atoms with Gasteiger partial charge < -0.3 is 0 Å². The van der Waals surface area contributed by atoms with Crippen LogP contribution in [0.5, 0.6) is 0 Å². The molecule has 31 heavy (non-hydrogen) atoms. The van der Waals surface area contributed by atoms with Crippen LogP contribution in [0, 0.1) is 6.92 Å². The summed E-state index contributed by atoms with van der Waals surface area (Å²) in [6.45, 7) is 6.38. The van der Waals surface area contributed by atoms with E-state index in [1.807, 2.05) is 43.3 Å². The van der Waals surface area contributed by atoms with E-state index in [0.717, 1.165) is 51.3 Å². The van der Waals surface area contributed by atoms with E-state index in [-0.39, 0.29) is 0 Å². The molecule has 0 aliphatic carbocycles. The lowest BCUT2D eigenvalue weighted by molar-refractivity contribution is 0.630. The fourth-order valence-electron chi connectivity index (χ4n) is 3.59. The molecule has 160 valence electrons. The first kappa shape index (κ1) is 22.3. The lowest BCUT2D eigenvalue weighted by Gasteiger charge is -2.11. The number of halogens is 3. The number of rotatable bonds is 6. The van der Waals surface area contributed by atoms with Gasteiger partial charge in [0.25, 0.3) is 0 Å². The largest absolute Gasteiger partial charge is 0.296 e. The maximum Gasteiger partial charge on any atom is 0.168 e. The molecule has 4 aromatic rings. The summed E-state index contributed by atoms with van der Waals surface area (Å²) in [7, 11) is 0. The Bertz CT molecular complexity index is 1210. The molecule has 4 rings (SSSR count). The zero-order chi connectivity index (χ0) is 22.1. The van der Waals surface area contributed by atoms with Gasteiger partial charge in [0, 0.05) is 27.2 Å². The summed E-state index contributed by atoms with van der Waals surface area (Å²) in [6.07, 6.45) is 2.07. The highest BCUT2D eigenvalue weighted by atomic mass is 35.5. The number of nitrogens with zero attached hydrogens (tertiary/aromatic N) is 4. The molecule has 0 aliphatic rings. The van der Waals surface area contributed by atoms with Crippen LogP contribution in [0.2, 0.25) is 15.1 Å².